The van der Waals surface area contributed by atoms with E-state index in [2.05, 4.69) is 219 Å². The van der Waals surface area contributed by atoms with Crippen molar-refractivity contribution in [3.05, 3.63) is 198 Å². The Labute approximate surface area is 442 Å². The molecule has 0 fully saturated rings. The second-order valence-electron chi connectivity index (χ2n) is 20.4. The first-order valence-corrected chi connectivity index (χ1v) is 32.8. The summed E-state index contributed by atoms with van der Waals surface area (Å²) in [5.41, 5.74) is 17.6. The molecule has 0 bridgehead atoms. The van der Waals surface area contributed by atoms with E-state index in [1.54, 1.807) is 0 Å². The quantitative estimate of drug-likeness (QED) is 0.112. The molecule has 12 rings (SSSR count). The maximum atomic E-state index is 6.09. The number of aromatic nitrogens is 4. The van der Waals surface area contributed by atoms with E-state index in [1.807, 2.05) is 36.5 Å². The number of para-hydroxylation sites is 2. The maximum Gasteiger partial charge on any atom is 0 e. The van der Waals surface area contributed by atoms with Gasteiger partial charge in [0.15, 0.2) is 0 Å². The number of fused-ring (bicyclic) bond motifs is 7. The normalized spacial score (nSPS) is 11.8. The molecule has 0 spiro atoms. The number of rotatable bonds is 8. The molecule has 5 nitrogen and oxygen atoms in total. The van der Waals surface area contributed by atoms with E-state index in [-0.39, 0.29) is 20.1 Å². The molecule has 0 aliphatic carbocycles. The maximum absolute atomic E-state index is 6.09. The third kappa shape index (κ3) is 9.06. The van der Waals surface area contributed by atoms with Gasteiger partial charge in [-0.1, -0.05) is 124 Å². The van der Waals surface area contributed by atoms with Gasteiger partial charge in [-0.15, -0.1) is 18.2 Å². The van der Waals surface area contributed by atoms with Crippen LogP contribution in [0.1, 0.15) is 61.9 Å². The molecule has 8 heteroatoms. The Balaban J connectivity index is 0.000000194. The van der Waals surface area contributed by atoms with Crippen molar-refractivity contribution in [1.29, 1.82) is 0 Å². The molecule has 0 saturated carbocycles. The van der Waals surface area contributed by atoms with Crippen molar-refractivity contribution in [3.63, 3.8) is 0 Å². The fourth-order valence-corrected chi connectivity index (χ4v) is 15.0. The van der Waals surface area contributed by atoms with Crippen LogP contribution in [0, 0.1) is 26.0 Å². The zero-order chi connectivity index (χ0) is 49.1. The van der Waals surface area contributed by atoms with E-state index in [0.29, 0.717) is 17.5 Å². The van der Waals surface area contributed by atoms with Crippen LogP contribution < -0.4 is 4.40 Å². The summed E-state index contributed by atoms with van der Waals surface area (Å²) in [4.78, 5) is 14.6. The fraction of sp³-hybridized carbons (Fsp3) is 0.172. The van der Waals surface area contributed by atoms with E-state index in [1.165, 1.54) is 69.2 Å². The number of aryl methyl sites for hydroxylation is 2. The molecule has 0 aliphatic heterocycles. The van der Waals surface area contributed by atoms with E-state index < -0.39 is 13.3 Å². The van der Waals surface area contributed by atoms with Crippen LogP contribution in [0.3, 0.4) is 0 Å². The van der Waals surface area contributed by atoms with Crippen LogP contribution in [-0.2, 0) is 20.1 Å². The van der Waals surface area contributed by atoms with E-state index >= 15 is 0 Å². The van der Waals surface area contributed by atoms with Crippen LogP contribution >= 0.6 is 11.3 Å². The van der Waals surface area contributed by atoms with Gasteiger partial charge in [-0.05, 0) is 85.6 Å². The molecule has 72 heavy (non-hydrogen) atoms. The van der Waals surface area contributed by atoms with Crippen molar-refractivity contribution in [1.82, 2.24) is 19.5 Å². The van der Waals surface area contributed by atoms with Gasteiger partial charge in [0.1, 0.15) is 0 Å². The molecule has 1 radical (unpaired) electrons. The molecule has 0 aliphatic rings. The van der Waals surface area contributed by atoms with Crippen molar-refractivity contribution in [3.8, 4) is 50.6 Å². The summed E-state index contributed by atoms with van der Waals surface area (Å²) >= 11 is -0.0668. The van der Waals surface area contributed by atoms with E-state index in [4.69, 9.17) is 14.4 Å². The molecule has 359 valence electrons. The summed E-state index contributed by atoms with van der Waals surface area (Å²) in [6, 6.07) is 63.1. The number of imidazole rings is 1. The molecule has 7 aromatic carbocycles. The number of hydrogen-bond acceptors (Lipinski definition) is 5. The van der Waals surface area contributed by atoms with Crippen molar-refractivity contribution >= 4 is 82.3 Å². The average Bonchev–Trinajstić information content (AvgIpc) is 4.07. The average molecular weight is 1190 g/mol. The SMILES string of the molecule is CC(C)c1cc(-c2ccccc2)cc(C(C)C)c1-n1c(-c2[c-]ccc3c2sc2cc(-c4ccccc4)ccc23)nc2ccccc21.Cc1ccc2c(n1)oc1c(-c3cc(C)[c]([Ge]([CH3])([CH3])[CH3])cn3)[c-]ccc12.[Ir]. The molecule has 12 aromatic rings. The predicted octanol–water partition coefficient (Wildman–Crippen LogP) is 17.4. The van der Waals surface area contributed by atoms with Gasteiger partial charge in [0.25, 0.3) is 0 Å². The standard InChI is InChI=1S/C43H35N2S.C21H21GeN2O.Ir/c1-27(2)36-24-32(30-16-9-6-10-17-30)25-37(28(3)4)41(36)45-39-21-12-11-20-38(39)44-43(45)35-19-13-18-34-33-23-22-31(26-40(33)46-42(34)35)29-14-7-5-8-15-29;1-13-11-19(23-12-18(13)22(3,4)5)17-8-6-7-15-16-10-9-14(2)24-21(16)25-20(15)17;/h5-18,20-28H,1-4H3;6-7,9-12H,1-5H3;/q2*-1;. The third-order valence-electron chi connectivity index (χ3n) is 13.7. The van der Waals surface area contributed by atoms with Crippen LogP contribution in [0.25, 0.3) is 104 Å². The third-order valence-corrected chi connectivity index (χ3v) is 19.4. The molecule has 5 aromatic heterocycles. The number of benzene rings is 7. The van der Waals surface area contributed by atoms with Crippen LogP contribution in [0.15, 0.2) is 168 Å². The molecule has 5 heterocycles. The molecule has 0 amide bonds. The summed E-state index contributed by atoms with van der Waals surface area (Å²) in [5, 5.41) is 4.62. The van der Waals surface area contributed by atoms with Crippen LogP contribution in [0.2, 0.25) is 17.3 Å². The minimum absolute atomic E-state index is 0. The topological polar surface area (TPSA) is 56.7 Å². The first-order valence-electron chi connectivity index (χ1n) is 24.6. The zero-order valence-corrected chi connectivity index (χ0v) is 47.5. The second kappa shape index (κ2) is 19.9. The molecular formula is C64H56GeIrN4OS-2. The first-order chi connectivity index (χ1) is 34.3. The van der Waals surface area contributed by atoms with Crippen LogP contribution in [0.5, 0.6) is 0 Å². The summed E-state index contributed by atoms with van der Waals surface area (Å²) in [7, 11) is 0. The molecule has 0 N–H and O–H groups in total. The molecule has 0 atom stereocenters. The van der Waals surface area contributed by atoms with Gasteiger partial charge in [-0.3, -0.25) is 4.98 Å². The van der Waals surface area contributed by atoms with Crippen LogP contribution in [-0.4, -0.2) is 32.8 Å². The summed E-state index contributed by atoms with van der Waals surface area (Å²) < 4.78 is 12.5. The van der Waals surface area contributed by atoms with Gasteiger partial charge >= 0.3 is 150 Å². The Bertz CT molecular complexity index is 3930. The van der Waals surface area contributed by atoms with Crippen molar-refractivity contribution in [2.75, 3.05) is 0 Å². The smallest absolute Gasteiger partial charge is 0 e. The van der Waals surface area contributed by atoms with Gasteiger partial charge in [-0.25, -0.2) is 0 Å². The first kappa shape index (κ1) is 49.1. The largest absolute Gasteiger partial charge is 0 e. The Morgan fingerprint density at radius 2 is 1.22 bits per heavy atom. The van der Waals surface area contributed by atoms with Gasteiger partial charge in [0, 0.05) is 30.5 Å². The minimum Gasteiger partial charge on any atom is 0 e. The zero-order valence-electron chi connectivity index (χ0n) is 42.2. The Morgan fingerprint density at radius 1 is 0.597 bits per heavy atom. The summed E-state index contributed by atoms with van der Waals surface area (Å²) in [6.07, 6.45) is 2.06. The number of pyridine rings is 2. The summed E-state index contributed by atoms with van der Waals surface area (Å²) in [5.74, 6) is 8.74. The van der Waals surface area contributed by atoms with Gasteiger partial charge in [0.05, 0.1) is 16.9 Å². The predicted molar refractivity (Wildman–Crippen MR) is 303 cm³/mol. The number of nitrogens with zero attached hydrogens (tertiary/aromatic N) is 4. The molecular weight excluding hydrogens is 1140 g/mol. The Kier molecular flexibility index (Phi) is 13.5. The minimum atomic E-state index is -1.91. The molecule has 0 unspecified atom stereocenters. The van der Waals surface area contributed by atoms with Gasteiger partial charge < -0.3 is 4.57 Å². The van der Waals surface area contributed by atoms with E-state index in [0.717, 1.165) is 55.7 Å². The number of thiophene rings is 1. The monoisotopic (exact) mass is 1200 g/mol. The van der Waals surface area contributed by atoms with Crippen molar-refractivity contribution in [2.24, 2.45) is 0 Å². The number of furan rings is 1. The fourth-order valence-electron chi connectivity index (χ4n) is 10.1. The van der Waals surface area contributed by atoms with Gasteiger partial charge in [-0.2, -0.15) is 11.3 Å². The van der Waals surface area contributed by atoms with E-state index in [9.17, 15) is 0 Å². The van der Waals surface area contributed by atoms with Gasteiger partial charge in [0.2, 0.25) is 0 Å². The Hall–Kier alpha value is -6.48. The molecule has 0 saturated heterocycles. The number of hydrogen-bond donors (Lipinski definition) is 0. The Morgan fingerprint density at radius 3 is 1.89 bits per heavy atom. The summed E-state index contributed by atoms with van der Waals surface area (Å²) in [6.45, 7) is 13.4. The second-order valence-corrected chi connectivity index (χ2v) is 32.0. The van der Waals surface area contributed by atoms with Crippen molar-refractivity contribution < 1.29 is 24.5 Å². The van der Waals surface area contributed by atoms with Crippen molar-refractivity contribution in [2.45, 2.75) is 70.6 Å². The van der Waals surface area contributed by atoms with Crippen LogP contribution in [0.4, 0.5) is 0 Å².